The Balaban J connectivity index is 3.82. The molecule has 0 aliphatic heterocycles. The first-order chi connectivity index (χ1) is 4.24. The highest BCUT2D eigenvalue weighted by Crippen LogP contribution is 2.16. The average molecular weight is 167 g/mol. The molecule has 0 saturated carbocycles. The number of hydrogen-bond donors (Lipinski definition) is 0. The molecule has 0 aromatic heterocycles. The molecule has 0 N–H and O–H groups in total. The summed E-state index contributed by atoms with van der Waals surface area (Å²) in [5, 5.41) is 0. The molecule has 0 unspecified atom stereocenters. The Hall–Kier alpha value is 0.467. The highest BCUT2D eigenvalue weighted by Gasteiger charge is 2.27. The van der Waals surface area contributed by atoms with Crippen LogP contribution in [-0.2, 0) is 4.43 Å². The second kappa shape index (κ2) is 4.31. The van der Waals surface area contributed by atoms with Gasteiger partial charge in [-0.2, -0.15) is 0 Å². The second-order valence-corrected chi connectivity index (χ2v) is 7.49. The van der Waals surface area contributed by atoms with E-state index in [0.29, 0.717) is 0 Å². The standard InChI is InChI=1S/C6H15ClOSi/c1-4-9(5-2,6-7)8-3/h4-6H2,1-3H3. The third-order valence-corrected chi connectivity index (χ3v) is 7.36. The van der Waals surface area contributed by atoms with Gasteiger partial charge in [0.05, 0.1) is 0 Å². The molecule has 0 heterocycles. The fourth-order valence-electron chi connectivity index (χ4n) is 0.782. The van der Waals surface area contributed by atoms with Crippen molar-refractivity contribution in [3.8, 4) is 0 Å². The molecule has 0 fully saturated rings. The molecule has 0 bridgehead atoms. The molecule has 0 atom stereocenters. The lowest BCUT2D eigenvalue weighted by molar-refractivity contribution is 0.398. The smallest absolute Gasteiger partial charge is 0.206 e. The van der Waals surface area contributed by atoms with Crippen molar-refractivity contribution < 1.29 is 4.43 Å². The summed E-state index contributed by atoms with van der Waals surface area (Å²) in [7, 11) is 0.353. The zero-order valence-corrected chi connectivity index (χ0v) is 8.16. The van der Waals surface area contributed by atoms with E-state index in [0.717, 1.165) is 17.6 Å². The summed E-state index contributed by atoms with van der Waals surface area (Å²) in [5.41, 5.74) is 0.733. The van der Waals surface area contributed by atoms with E-state index >= 15 is 0 Å². The van der Waals surface area contributed by atoms with Gasteiger partial charge in [-0.3, -0.25) is 0 Å². The van der Waals surface area contributed by atoms with E-state index in [1.807, 2.05) is 0 Å². The van der Waals surface area contributed by atoms with Crippen LogP contribution < -0.4 is 0 Å². The lowest BCUT2D eigenvalue weighted by atomic mass is 10.9. The average Bonchev–Trinajstić information content (AvgIpc) is 1.95. The quantitative estimate of drug-likeness (QED) is 0.461. The van der Waals surface area contributed by atoms with Crippen LogP contribution in [0.25, 0.3) is 0 Å². The summed E-state index contributed by atoms with van der Waals surface area (Å²) in [4.78, 5) is 0. The minimum Gasteiger partial charge on any atom is -0.419 e. The van der Waals surface area contributed by atoms with E-state index in [1.165, 1.54) is 0 Å². The van der Waals surface area contributed by atoms with Gasteiger partial charge in [0.15, 0.2) is 0 Å². The van der Waals surface area contributed by atoms with Crippen molar-refractivity contribution in [2.75, 3.05) is 12.6 Å². The van der Waals surface area contributed by atoms with Crippen LogP contribution in [0.4, 0.5) is 0 Å². The van der Waals surface area contributed by atoms with E-state index in [9.17, 15) is 0 Å². The molecule has 0 amide bonds. The van der Waals surface area contributed by atoms with Gasteiger partial charge >= 0.3 is 0 Å². The molecule has 1 nitrogen and oxygen atoms in total. The molecule has 0 aromatic rings. The molecule has 0 aliphatic rings. The number of rotatable bonds is 4. The molecule has 3 heteroatoms. The van der Waals surface area contributed by atoms with Crippen LogP contribution in [0.5, 0.6) is 0 Å². The molecular formula is C6H15ClOSi. The van der Waals surface area contributed by atoms with Gasteiger partial charge in [-0.25, -0.2) is 0 Å². The van der Waals surface area contributed by atoms with Gasteiger partial charge in [-0.15, -0.1) is 11.6 Å². The Morgan fingerprint density at radius 2 is 1.78 bits per heavy atom. The molecule has 0 rings (SSSR count). The predicted octanol–water partition coefficient (Wildman–Crippen LogP) is 2.40. The van der Waals surface area contributed by atoms with E-state index in [4.69, 9.17) is 16.0 Å². The largest absolute Gasteiger partial charge is 0.419 e. The molecule has 56 valence electrons. The minimum absolute atomic E-state index is 0.733. The van der Waals surface area contributed by atoms with Crippen molar-refractivity contribution in [2.24, 2.45) is 0 Å². The van der Waals surface area contributed by atoms with Crippen LogP contribution in [0.1, 0.15) is 13.8 Å². The van der Waals surface area contributed by atoms with Gasteiger partial charge in [0.2, 0.25) is 8.32 Å². The lowest BCUT2D eigenvalue weighted by Gasteiger charge is -2.23. The van der Waals surface area contributed by atoms with Crippen LogP contribution in [0, 0.1) is 0 Å². The molecule has 0 radical (unpaired) electrons. The van der Waals surface area contributed by atoms with Gasteiger partial charge in [-0.1, -0.05) is 13.8 Å². The predicted molar refractivity (Wildman–Crippen MR) is 44.4 cm³/mol. The highest BCUT2D eigenvalue weighted by molar-refractivity contribution is 6.79. The van der Waals surface area contributed by atoms with Gasteiger partial charge in [-0.05, 0) is 12.1 Å². The minimum atomic E-state index is -1.43. The maximum atomic E-state index is 5.76. The van der Waals surface area contributed by atoms with E-state index in [1.54, 1.807) is 7.11 Å². The van der Waals surface area contributed by atoms with Gasteiger partial charge < -0.3 is 4.43 Å². The summed E-state index contributed by atoms with van der Waals surface area (Å²) in [6, 6.07) is 2.26. The Bertz CT molecular complexity index is 55.9. The Labute approximate surface area is 63.5 Å². The third kappa shape index (κ3) is 2.28. The monoisotopic (exact) mass is 166 g/mol. The van der Waals surface area contributed by atoms with Crippen molar-refractivity contribution in [1.82, 2.24) is 0 Å². The van der Waals surface area contributed by atoms with E-state index < -0.39 is 8.32 Å². The first-order valence-electron chi connectivity index (χ1n) is 3.35. The Morgan fingerprint density at radius 1 is 1.33 bits per heavy atom. The molecule has 9 heavy (non-hydrogen) atoms. The van der Waals surface area contributed by atoms with Crippen molar-refractivity contribution in [1.29, 1.82) is 0 Å². The first-order valence-corrected chi connectivity index (χ1v) is 6.42. The van der Waals surface area contributed by atoms with Crippen LogP contribution in [0.2, 0.25) is 12.1 Å². The molecule has 0 saturated heterocycles. The summed E-state index contributed by atoms with van der Waals surface area (Å²) >= 11 is 5.76. The van der Waals surface area contributed by atoms with Crippen LogP contribution in [0.3, 0.4) is 0 Å². The zero-order valence-electron chi connectivity index (χ0n) is 6.41. The van der Waals surface area contributed by atoms with Crippen LogP contribution >= 0.6 is 11.6 Å². The molecule has 0 spiro atoms. The number of hydrogen-bond acceptors (Lipinski definition) is 1. The SMILES string of the molecule is CC[Si](CC)(CCl)OC. The maximum absolute atomic E-state index is 5.76. The third-order valence-electron chi connectivity index (χ3n) is 1.97. The molecule has 0 aromatic carbocycles. The summed E-state index contributed by atoms with van der Waals surface area (Å²) in [6.07, 6.45) is 0. The Morgan fingerprint density at radius 3 is 1.78 bits per heavy atom. The van der Waals surface area contributed by atoms with Crippen molar-refractivity contribution in [3.05, 3.63) is 0 Å². The van der Waals surface area contributed by atoms with Gasteiger partial charge in [0, 0.05) is 12.6 Å². The molecule has 0 aliphatic carbocycles. The first kappa shape index (κ1) is 9.47. The van der Waals surface area contributed by atoms with Crippen molar-refractivity contribution in [3.63, 3.8) is 0 Å². The second-order valence-electron chi connectivity index (χ2n) is 2.23. The van der Waals surface area contributed by atoms with Crippen LogP contribution in [-0.4, -0.2) is 20.9 Å². The van der Waals surface area contributed by atoms with Crippen LogP contribution in [0.15, 0.2) is 0 Å². The fraction of sp³-hybridized carbons (Fsp3) is 1.00. The Kier molecular flexibility index (Phi) is 4.53. The summed E-state index contributed by atoms with van der Waals surface area (Å²) in [6.45, 7) is 4.31. The van der Waals surface area contributed by atoms with E-state index in [2.05, 4.69) is 13.8 Å². The van der Waals surface area contributed by atoms with Crippen molar-refractivity contribution in [2.45, 2.75) is 25.9 Å². The lowest BCUT2D eigenvalue weighted by Crippen LogP contribution is -2.37. The molecular weight excluding hydrogens is 152 g/mol. The maximum Gasteiger partial charge on any atom is 0.206 e. The fourth-order valence-corrected chi connectivity index (χ4v) is 3.81. The normalized spacial score (nSPS) is 12.0. The summed E-state index contributed by atoms with van der Waals surface area (Å²) in [5.74, 6) is 0. The zero-order chi connectivity index (χ0) is 7.33. The van der Waals surface area contributed by atoms with E-state index in [-0.39, 0.29) is 0 Å². The highest BCUT2D eigenvalue weighted by atomic mass is 35.5. The van der Waals surface area contributed by atoms with Crippen molar-refractivity contribution >= 4 is 19.9 Å². The number of alkyl halides is 1. The van der Waals surface area contributed by atoms with Gasteiger partial charge in [0.25, 0.3) is 0 Å². The number of halogens is 1. The van der Waals surface area contributed by atoms with Gasteiger partial charge in [0.1, 0.15) is 0 Å². The topological polar surface area (TPSA) is 9.23 Å². The summed E-state index contributed by atoms with van der Waals surface area (Å²) < 4.78 is 5.39.